The summed E-state index contributed by atoms with van der Waals surface area (Å²) in [6, 6.07) is 32.7. The second-order valence-electron chi connectivity index (χ2n) is 7.93. The van der Waals surface area contributed by atoms with Crippen molar-refractivity contribution in [1.82, 2.24) is 0 Å². The molecule has 0 aliphatic carbocycles. The zero-order valence-electron chi connectivity index (χ0n) is 17.9. The molecule has 3 aromatic rings. The molecule has 0 radical (unpaired) electrons. The first-order chi connectivity index (χ1) is 14.7. The van der Waals surface area contributed by atoms with Crippen LogP contribution in [0.25, 0.3) is 0 Å². The van der Waals surface area contributed by atoms with Crippen LogP contribution < -0.4 is 0 Å². The van der Waals surface area contributed by atoms with Gasteiger partial charge in [0.05, 0.1) is 4.58 Å². The van der Waals surface area contributed by atoms with Crippen molar-refractivity contribution in [3.05, 3.63) is 109 Å². The Morgan fingerprint density at radius 3 is 1.77 bits per heavy atom. The van der Waals surface area contributed by atoms with E-state index in [-0.39, 0.29) is 0 Å². The average molecular weight is 433 g/mol. The highest BCUT2D eigenvalue weighted by Crippen LogP contribution is 2.40. The standard InChI is InChI=1S/C28H32S2/c1-23(2)13-12-16-25(21-24-14-6-3-7-15-24)22-28(29-26-17-8-4-9-18-26)30-27-19-10-5-11-20-27/h3-11,14-15,17-20,25,28H,1,12-13,16,21-22H2,2H3. The minimum Gasteiger partial charge on any atom is -0.111 e. The molecule has 0 fully saturated rings. The van der Waals surface area contributed by atoms with Crippen LogP contribution in [0.1, 0.15) is 38.2 Å². The molecule has 0 nitrogen and oxygen atoms in total. The van der Waals surface area contributed by atoms with Gasteiger partial charge < -0.3 is 0 Å². The lowest BCUT2D eigenvalue weighted by atomic mass is 9.91. The molecule has 0 heterocycles. The lowest BCUT2D eigenvalue weighted by Gasteiger charge is -2.24. The maximum absolute atomic E-state index is 4.10. The van der Waals surface area contributed by atoms with E-state index in [1.807, 2.05) is 23.5 Å². The Labute approximate surface area is 191 Å². The summed E-state index contributed by atoms with van der Waals surface area (Å²) < 4.78 is 0.494. The normalized spacial score (nSPS) is 12.1. The fourth-order valence-electron chi connectivity index (χ4n) is 3.64. The number of benzene rings is 3. The van der Waals surface area contributed by atoms with Crippen molar-refractivity contribution >= 4 is 23.5 Å². The van der Waals surface area contributed by atoms with Crippen LogP contribution in [0.4, 0.5) is 0 Å². The minimum atomic E-state index is 0.494. The summed E-state index contributed by atoms with van der Waals surface area (Å²) >= 11 is 4.02. The minimum absolute atomic E-state index is 0.494. The quantitative estimate of drug-likeness (QED) is 0.159. The molecule has 1 atom stereocenters. The summed E-state index contributed by atoms with van der Waals surface area (Å²) in [6.07, 6.45) is 5.96. The molecular weight excluding hydrogens is 400 g/mol. The van der Waals surface area contributed by atoms with E-state index in [4.69, 9.17) is 0 Å². The molecule has 3 aromatic carbocycles. The molecule has 0 aliphatic rings. The third-order valence-corrected chi connectivity index (χ3v) is 7.71. The summed E-state index contributed by atoms with van der Waals surface area (Å²) in [5, 5.41) is 0. The Morgan fingerprint density at radius 1 is 0.767 bits per heavy atom. The molecule has 2 heteroatoms. The number of rotatable bonds is 12. The predicted octanol–water partition coefficient (Wildman–Crippen LogP) is 8.89. The van der Waals surface area contributed by atoms with E-state index in [2.05, 4.69) is 104 Å². The molecule has 0 saturated carbocycles. The summed E-state index contributed by atoms with van der Waals surface area (Å²) in [7, 11) is 0. The summed E-state index contributed by atoms with van der Waals surface area (Å²) in [5.74, 6) is 0.671. The number of thioether (sulfide) groups is 2. The molecule has 1 unspecified atom stereocenters. The van der Waals surface area contributed by atoms with Gasteiger partial charge in [0.2, 0.25) is 0 Å². The van der Waals surface area contributed by atoms with Crippen molar-refractivity contribution in [2.45, 2.75) is 53.4 Å². The van der Waals surface area contributed by atoms with Crippen LogP contribution in [0, 0.1) is 5.92 Å². The zero-order chi connectivity index (χ0) is 21.0. The van der Waals surface area contributed by atoms with Crippen LogP contribution in [-0.2, 0) is 6.42 Å². The van der Waals surface area contributed by atoms with Gasteiger partial charge in [-0.25, -0.2) is 0 Å². The Morgan fingerprint density at radius 2 is 1.27 bits per heavy atom. The molecule has 0 amide bonds. The average Bonchev–Trinajstić information content (AvgIpc) is 2.75. The Kier molecular flexibility index (Phi) is 9.66. The molecule has 0 aromatic heterocycles. The van der Waals surface area contributed by atoms with Crippen molar-refractivity contribution in [1.29, 1.82) is 0 Å². The van der Waals surface area contributed by atoms with E-state index >= 15 is 0 Å². The van der Waals surface area contributed by atoms with E-state index in [0.717, 1.165) is 12.8 Å². The van der Waals surface area contributed by atoms with Crippen molar-refractivity contribution in [2.24, 2.45) is 5.92 Å². The third kappa shape index (κ3) is 8.45. The van der Waals surface area contributed by atoms with Crippen molar-refractivity contribution in [2.75, 3.05) is 0 Å². The summed E-state index contributed by atoms with van der Waals surface area (Å²) in [5.41, 5.74) is 2.74. The Hall–Kier alpha value is -1.90. The molecule has 0 N–H and O–H groups in total. The first-order valence-corrected chi connectivity index (χ1v) is 12.6. The zero-order valence-corrected chi connectivity index (χ0v) is 19.5. The number of hydrogen-bond acceptors (Lipinski definition) is 2. The first kappa shape index (κ1) is 22.8. The molecule has 0 bridgehead atoms. The second-order valence-corrected chi connectivity index (χ2v) is 10.8. The molecule has 0 saturated heterocycles. The van der Waals surface area contributed by atoms with Crippen molar-refractivity contribution in [3.63, 3.8) is 0 Å². The van der Waals surface area contributed by atoms with Crippen LogP contribution in [0.15, 0.2) is 113 Å². The summed E-state index contributed by atoms with van der Waals surface area (Å²) in [6.45, 7) is 6.24. The van der Waals surface area contributed by atoms with Crippen LogP contribution in [0.2, 0.25) is 0 Å². The van der Waals surface area contributed by atoms with Gasteiger partial charge in [0.1, 0.15) is 0 Å². The van der Waals surface area contributed by atoms with Crippen molar-refractivity contribution < 1.29 is 0 Å². The largest absolute Gasteiger partial charge is 0.111 e. The van der Waals surface area contributed by atoms with Gasteiger partial charge in [-0.1, -0.05) is 72.3 Å². The van der Waals surface area contributed by atoms with Gasteiger partial charge in [0, 0.05) is 9.79 Å². The topological polar surface area (TPSA) is 0 Å². The van der Waals surface area contributed by atoms with E-state index in [1.54, 1.807) is 0 Å². The number of allylic oxidation sites excluding steroid dienone is 1. The van der Waals surface area contributed by atoms with Crippen LogP contribution in [0.3, 0.4) is 0 Å². The van der Waals surface area contributed by atoms with E-state index < -0.39 is 0 Å². The second kappa shape index (κ2) is 12.7. The number of hydrogen-bond donors (Lipinski definition) is 0. The fourth-order valence-corrected chi connectivity index (χ4v) is 6.47. The van der Waals surface area contributed by atoms with Gasteiger partial charge in [0.25, 0.3) is 0 Å². The van der Waals surface area contributed by atoms with Gasteiger partial charge in [0.15, 0.2) is 0 Å². The van der Waals surface area contributed by atoms with E-state index in [0.29, 0.717) is 10.5 Å². The lowest BCUT2D eigenvalue weighted by Crippen LogP contribution is -2.12. The highest BCUT2D eigenvalue weighted by molar-refractivity contribution is 8.17. The SMILES string of the molecule is C=C(C)CCCC(Cc1ccccc1)CC(Sc1ccccc1)Sc1ccccc1. The molecule has 3 rings (SSSR count). The van der Waals surface area contributed by atoms with Gasteiger partial charge in [-0.05, 0) is 74.8 Å². The summed E-state index contributed by atoms with van der Waals surface area (Å²) in [4.78, 5) is 2.71. The molecule has 0 spiro atoms. The van der Waals surface area contributed by atoms with E-state index in [1.165, 1.54) is 40.2 Å². The van der Waals surface area contributed by atoms with Gasteiger partial charge >= 0.3 is 0 Å². The first-order valence-electron chi connectivity index (χ1n) is 10.8. The van der Waals surface area contributed by atoms with Crippen LogP contribution >= 0.6 is 23.5 Å². The predicted molar refractivity (Wildman–Crippen MR) is 135 cm³/mol. The van der Waals surface area contributed by atoms with Gasteiger partial charge in [-0.2, -0.15) is 0 Å². The third-order valence-electron chi connectivity index (χ3n) is 5.13. The Bertz CT molecular complexity index is 817. The smallest absolute Gasteiger partial charge is 0.0599 e. The monoisotopic (exact) mass is 432 g/mol. The molecule has 0 aliphatic heterocycles. The van der Waals surface area contributed by atoms with Crippen LogP contribution in [0.5, 0.6) is 0 Å². The molecule has 30 heavy (non-hydrogen) atoms. The van der Waals surface area contributed by atoms with Gasteiger partial charge in [-0.3, -0.25) is 0 Å². The maximum Gasteiger partial charge on any atom is 0.0599 e. The van der Waals surface area contributed by atoms with Gasteiger partial charge in [-0.15, -0.1) is 30.1 Å². The highest BCUT2D eigenvalue weighted by Gasteiger charge is 2.19. The van der Waals surface area contributed by atoms with E-state index in [9.17, 15) is 0 Å². The molecular formula is C28H32S2. The maximum atomic E-state index is 4.10. The fraction of sp³-hybridized carbons (Fsp3) is 0.286. The highest BCUT2D eigenvalue weighted by atomic mass is 32.2. The Balaban J connectivity index is 1.73. The molecule has 156 valence electrons. The van der Waals surface area contributed by atoms with Crippen LogP contribution in [-0.4, -0.2) is 4.58 Å². The van der Waals surface area contributed by atoms with Crippen molar-refractivity contribution in [3.8, 4) is 0 Å². The lowest BCUT2D eigenvalue weighted by molar-refractivity contribution is 0.449.